The van der Waals surface area contributed by atoms with Crippen molar-refractivity contribution in [3.05, 3.63) is 47.0 Å². The molecule has 0 saturated carbocycles. The van der Waals surface area contributed by atoms with E-state index in [1.165, 1.54) is 12.1 Å². The van der Waals surface area contributed by atoms with Crippen LogP contribution in [0.15, 0.2) is 24.3 Å². The normalized spacial score (nSPS) is 15.5. The van der Waals surface area contributed by atoms with Gasteiger partial charge in [0.1, 0.15) is 29.8 Å². The van der Waals surface area contributed by atoms with E-state index in [-0.39, 0.29) is 5.56 Å². The third-order valence-corrected chi connectivity index (χ3v) is 6.77. The molecule has 1 N–H and O–H groups in total. The lowest BCUT2D eigenvalue weighted by molar-refractivity contribution is 0.144. The Balaban J connectivity index is 1.72. The molecule has 11 heteroatoms. The molecular weight excluding hydrogens is 497 g/mol. The fourth-order valence-electron chi connectivity index (χ4n) is 4.63. The lowest BCUT2D eigenvalue weighted by Crippen LogP contribution is -2.49. The van der Waals surface area contributed by atoms with Crippen LogP contribution in [0.3, 0.4) is 0 Å². The number of fused-ring (bicyclic) bond motifs is 1. The molecule has 2 aromatic heterocycles. The Morgan fingerprint density at radius 3 is 2.37 bits per heavy atom. The summed E-state index contributed by atoms with van der Waals surface area (Å²) in [6, 6.07) is 5.79. The minimum absolute atomic E-state index is 0.129. The predicted octanol–water partition coefficient (Wildman–Crippen LogP) is 5.14. The van der Waals surface area contributed by atoms with E-state index in [4.69, 9.17) is 14.5 Å². The highest BCUT2D eigenvalue weighted by Crippen LogP contribution is 2.35. The van der Waals surface area contributed by atoms with Gasteiger partial charge in [-0.05, 0) is 33.8 Å². The molecule has 0 aliphatic carbocycles. The molecular formula is C27H35F3N6O2. The van der Waals surface area contributed by atoms with Gasteiger partial charge < -0.3 is 19.7 Å². The van der Waals surface area contributed by atoms with Gasteiger partial charge in [0.05, 0.1) is 23.6 Å². The third-order valence-electron chi connectivity index (χ3n) is 6.77. The van der Waals surface area contributed by atoms with Gasteiger partial charge in [-0.15, -0.1) is 0 Å². The Kier molecular flexibility index (Phi) is 8.88. The van der Waals surface area contributed by atoms with Gasteiger partial charge in [-0.1, -0.05) is 18.2 Å². The zero-order valence-corrected chi connectivity index (χ0v) is 22.5. The summed E-state index contributed by atoms with van der Waals surface area (Å²) in [5, 5.41) is 3.84. The number of aromatic nitrogens is 3. The Bertz CT molecular complexity index is 1250. The van der Waals surface area contributed by atoms with Crippen molar-refractivity contribution < 1.29 is 22.6 Å². The van der Waals surface area contributed by atoms with Crippen molar-refractivity contribution in [3.63, 3.8) is 0 Å². The number of pyridine rings is 1. The van der Waals surface area contributed by atoms with Crippen molar-refractivity contribution in [2.24, 2.45) is 0 Å². The van der Waals surface area contributed by atoms with Crippen molar-refractivity contribution in [1.29, 1.82) is 0 Å². The van der Waals surface area contributed by atoms with E-state index in [9.17, 15) is 13.2 Å². The minimum atomic E-state index is -2.90. The van der Waals surface area contributed by atoms with E-state index in [2.05, 4.69) is 38.9 Å². The van der Waals surface area contributed by atoms with Gasteiger partial charge in [-0.3, -0.25) is 4.90 Å². The highest BCUT2D eigenvalue weighted by Gasteiger charge is 2.25. The molecule has 0 radical (unpaired) electrons. The first kappa shape index (κ1) is 27.8. The summed E-state index contributed by atoms with van der Waals surface area (Å²) in [6.07, 6.45) is -2.90. The quantitative estimate of drug-likeness (QED) is 0.360. The van der Waals surface area contributed by atoms with Gasteiger partial charge in [0.15, 0.2) is 5.65 Å². The van der Waals surface area contributed by atoms with E-state index in [0.717, 1.165) is 37.9 Å². The highest BCUT2D eigenvalue weighted by molar-refractivity contribution is 5.90. The Hall–Kier alpha value is -3.18. The summed E-state index contributed by atoms with van der Waals surface area (Å²) >= 11 is 0. The van der Waals surface area contributed by atoms with Crippen LogP contribution in [0.25, 0.3) is 11.0 Å². The van der Waals surface area contributed by atoms with Crippen molar-refractivity contribution in [1.82, 2.24) is 19.9 Å². The molecule has 38 heavy (non-hydrogen) atoms. The van der Waals surface area contributed by atoms with Crippen molar-refractivity contribution in [2.45, 2.75) is 46.2 Å². The lowest BCUT2D eigenvalue weighted by atomic mass is 10.0. The first-order chi connectivity index (χ1) is 18.2. The smallest absolute Gasteiger partial charge is 0.266 e. The molecule has 0 unspecified atom stereocenters. The van der Waals surface area contributed by atoms with Gasteiger partial charge in [0.25, 0.3) is 6.43 Å². The summed E-state index contributed by atoms with van der Waals surface area (Å²) in [7, 11) is 1.61. The van der Waals surface area contributed by atoms with E-state index < -0.39 is 23.8 Å². The van der Waals surface area contributed by atoms with Crippen molar-refractivity contribution in [2.75, 3.05) is 56.7 Å². The van der Waals surface area contributed by atoms with Crippen LogP contribution in [0.2, 0.25) is 0 Å². The molecule has 1 atom stereocenters. The van der Waals surface area contributed by atoms with Crippen LogP contribution >= 0.6 is 0 Å². The van der Waals surface area contributed by atoms with E-state index in [1.54, 1.807) is 21.0 Å². The molecule has 1 aliphatic heterocycles. The molecule has 206 valence electrons. The summed E-state index contributed by atoms with van der Waals surface area (Å²) in [6.45, 7) is 12.0. The van der Waals surface area contributed by atoms with Gasteiger partial charge in [-0.25, -0.2) is 23.1 Å². The SMILES string of the molecule is COCCOc1nc2nc(C)nc(N[C@H](C)c3cccc(C(F)F)c3F)c2cc1N1CCN(C(C)C)CC1. The van der Waals surface area contributed by atoms with Crippen molar-refractivity contribution in [3.8, 4) is 5.88 Å². The lowest BCUT2D eigenvalue weighted by Gasteiger charge is -2.38. The van der Waals surface area contributed by atoms with Crippen LogP contribution in [-0.2, 0) is 4.74 Å². The van der Waals surface area contributed by atoms with Crippen LogP contribution in [0, 0.1) is 12.7 Å². The van der Waals surface area contributed by atoms with Crippen molar-refractivity contribution >= 4 is 22.5 Å². The Morgan fingerprint density at radius 1 is 1.00 bits per heavy atom. The molecule has 1 fully saturated rings. The number of nitrogens with zero attached hydrogens (tertiary/aromatic N) is 5. The van der Waals surface area contributed by atoms with E-state index in [1.807, 2.05) is 6.07 Å². The van der Waals surface area contributed by atoms with Gasteiger partial charge in [0, 0.05) is 44.9 Å². The molecule has 3 aromatic rings. The number of ether oxygens (including phenoxy) is 2. The number of hydrogen-bond donors (Lipinski definition) is 1. The summed E-state index contributed by atoms with van der Waals surface area (Å²) in [4.78, 5) is 18.4. The van der Waals surface area contributed by atoms with Gasteiger partial charge >= 0.3 is 0 Å². The number of alkyl halides is 2. The number of methoxy groups -OCH3 is 1. The Morgan fingerprint density at radius 2 is 1.71 bits per heavy atom. The molecule has 0 spiro atoms. The summed E-state index contributed by atoms with van der Waals surface area (Å²) < 4.78 is 52.6. The molecule has 0 bridgehead atoms. The van der Waals surface area contributed by atoms with E-state index in [0.29, 0.717) is 47.8 Å². The maximum absolute atomic E-state index is 14.9. The monoisotopic (exact) mass is 532 g/mol. The topological polar surface area (TPSA) is 75.6 Å². The number of nitrogens with one attached hydrogen (secondary N) is 1. The Labute approximate surface area is 221 Å². The molecule has 3 heterocycles. The average Bonchev–Trinajstić information content (AvgIpc) is 2.88. The minimum Gasteiger partial charge on any atom is -0.474 e. The van der Waals surface area contributed by atoms with Crippen LogP contribution < -0.4 is 15.0 Å². The third kappa shape index (κ3) is 6.10. The molecule has 1 aliphatic rings. The van der Waals surface area contributed by atoms with Gasteiger partial charge in [0.2, 0.25) is 5.88 Å². The summed E-state index contributed by atoms with van der Waals surface area (Å²) in [5.74, 6) is 0.441. The molecule has 4 rings (SSSR count). The first-order valence-electron chi connectivity index (χ1n) is 12.8. The van der Waals surface area contributed by atoms with Crippen LogP contribution in [0.5, 0.6) is 5.88 Å². The largest absolute Gasteiger partial charge is 0.474 e. The van der Waals surface area contributed by atoms with Crippen LogP contribution in [0.1, 0.15) is 50.2 Å². The number of piperazine rings is 1. The average molecular weight is 533 g/mol. The second kappa shape index (κ2) is 12.1. The number of anilines is 2. The predicted molar refractivity (Wildman–Crippen MR) is 142 cm³/mol. The number of aryl methyl sites for hydroxylation is 1. The maximum atomic E-state index is 14.9. The highest BCUT2D eigenvalue weighted by atomic mass is 19.3. The fourth-order valence-corrected chi connectivity index (χ4v) is 4.63. The second-order valence-electron chi connectivity index (χ2n) is 9.68. The number of hydrogen-bond acceptors (Lipinski definition) is 8. The second-order valence-corrected chi connectivity index (χ2v) is 9.68. The zero-order chi connectivity index (χ0) is 27.4. The molecule has 0 amide bonds. The molecule has 1 saturated heterocycles. The van der Waals surface area contributed by atoms with Crippen LogP contribution in [0.4, 0.5) is 24.7 Å². The standard InChI is InChI=1S/C27H35F3N6O2/c1-16(2)35-9-11-36(12-10-35)22-15-21-25(31-17(3)19-7-6-8-20(23(19)28)24(29)30)32-18(4)33-26(21)34-27(22)38-14-13-37-5/h6-8,15-17,24H,9-14H2,1-5H3,(H,31,32,33,34)/t17-/m1/s1. The number of halogens is 3. The first-order valence-corrected chi connectivity index (χ1v) is 12.8. The van der Waals surface area contributed by atoms with Crippen LogP contribution in [-0.4, -0.2) is 72.4 Å². The molecule has 1 aromatic carbocycles. The summed E-state index contributed by atoms with van der Waals surface area (Å²) in [5.41, 5.74) is 0.740. The number of rotatable bonds is 10. The fraction of sp³-hybridized carbons (Fsp3) is 0.519. The van der Waals surface area contributed by atoms with Gasteiger partial charge in [-0.2, -0.15) is 4.98 Å². The zero-order valence-electron chi connectivity index (χ0n) is 22.5. The maximum Gasteiger partial charge on any atom is 0.266 e. The number of benzene rings is 1. The van der Waals surface area contributed by atoms with E-state index >= 15 is 0 Å². The molecule has 8 nitrogen and oxygen atoms in total.